The van der Waals surface area contributed by atoms with Crippen molar-refractivity contribution in [2.45, 2.75) is 116 Å². The Morgan fingerprint density at radius 3 is 2.05 bits per heavy atom. The van der Waals surface area contributed by atoms with E-state index in [1.54, 1.807) is 11.3 Å². The second-order valence-corrected chi connectivity index (χ2v) is 13.6. The average molecular weight is 547 g/mol. The van der Waals surface area contributed by atoms with Crippen molar-refractivity contribution in [2.24, 2.45) is 5.41 Å². The molecule has 0 saturated carbocycles. The lowest BCUT2D eigenvalue weighted by atomic mass is 9.78. The minimum absolute atomic E-state index is 0.0761. The molecule has 0 atom stereocenters. The number of aliphatic hydroxyl groups is 1. The highest BCUT2D eigenvalue weighted by molar-refractivity contribution is 7.28. The average Bonchev–Trinajstić information content (AvgIpc) is 3.56. The van der Waals surface area contributed by atoms with Crippen LogP contribution in [0.25, 0.3) is 9.75 Å². The number of ether oxygens (including phenoxy) is 1. The molecule has 206 valence electrons. The molecule has 37 heavy (non-hydrogen) atoms. The van der Waals surface area contributed by atoms with Gasteiger partial charge >= 0.3 is 7.12 Å². The van der Waals surface area contributed by atoms with Gasteiger partial charge < -0.3 is 19.2 Å². The van der Waals surface area contributed by atoms with Crippen LogP contribution in [-0.4, -0.2) is 32.0 Å². The van der Waals surface area contributed by atoms with Crippen LogP contribution in [0.5, 0.6) is 5.75 Å². The topological polar surface area (TPSA) is 47.9 Å². The van der Waals surface area contributed by atoms with E-state index in [1.165, 1.54) is 92.4 Å². The summed E-state index contributed by atoms with van der Waals surface area (Å²) in [5.74, 6) is 1.06. The van der Waals surface area contributed by atoms with Gasteiger partial charge in [0.2, 0.25) is 0 Å². The van der Waals surface area contributed by atoms with Crippen LogP contribution in [0.4, 0.5) is 0 Å². The molecule has 0 aliphatic carbocycles. The summed E-state index contributed by atoms with van der Waals surface area (Å²) >= 11 is 3.60. The predicted octanol–water partition coefficient (Wildman–Crippen LogP) is 8.31. The highest BCUT2D eigenvalue weighted by Crippen LogP contribution is 2.53. The van der Waals surface area contributed by atoms with Gasteiger partial charge in [-0.1, -0.05) is 85.0 Å². The van der Waals surface area contributed by atoms with Crippen molar-refractivity contribution in [1.82, 2.24) is 0 Å². The number of fused-ring (bicyclic) bond motifs is 3. The standard InChI is InChI=1S/C30H47BO4S2/c1-4-6-8-10-12-14-17-30(18-15-13-11-9-7-5-2)24-20-26(31-33-22-29(3,21-32)23-34-31)37-27(24)28-25(35-30)16-19-36-28/h16,19-20,32H,4-15,17-18,21-23H2,1-3H3. The van der Waals surface area contributed by atoms with Crippen molar-refractivity contribution in [3.05, 3.63) is 23.1 Å². The van der Waals surface area contributed by atoms with Crippen molar-refractivity contribution in [3.63, 3.8) is 0 Å². The summed E-state index contributed by atoms with van der Waals surface area (Å²) in [7, 11) is -0.362. The Bertz CT molecular complexity index is 931. The van der Waals surface area contributed by atoms with Crippen molar-refractivity contribution >= 4 is 34.6 Å². The normalized spacial score (nSPS) is 17.9. The van der Waals surface area contributed by atoms with Gasteiger partial charge in [0.1, 0.15) is 11.4 Å². The van der Waals surface area contributed by atoms with Gasteiger partial charge in [0.15, 0.2) is 0 Å². The molecular formula is C30H47BO4S2. The maximum absolute atomic E-state index is 9.72. The fourth-order valence-corrected chi connectivity index (χ4v) is 7.85. The minimum atomic E-state index is -0.362. The van der Waals surface area contributed by atoms with E-state index in [9.17, 15) is 5.11 Å². The molecule has 2 aliphatic heterocycles. The van der Waals surface area contributed by atoms with E-state index in [4.69, 9.17) is 14.0 Å². The fourth-order valence-electron chi connectivity index (χ4n) is 5.62. The van der Waals surface area contributed by atoms with Crippen LogP contribution in [0.1, 0.15) is 116 Å². The smallest absolute Gasteiger partial charge is 0.481 e. The number of unbranched alkanes of at least 4 members (excludes halogenated alkanes) is 10. The minimum Gasteiger partial charge on any atom is -0.481 e. The molecule has 0 unspecified atom stereocenters. The summed E-state index contributed by atoms with van der Waals surface area (Å²) in [6, 6.07) is 4.50. The quantitative estimate of drug-likeness (QED) is 0.170. The van der Waals surface area contributed by atoms with Crippen LogP contribution in [0.15, 0.2) is 17.5 Å². The van der Waals surface area contributed by atoms with Crippen LogP contribution < -0.4 is 9.51 Å². The van der Waals surface area contributed by atoms with E-state index < -0.39 is 0 Å². The van der Waals surface area contributed by atoms with Crippen LogP contribution in [0.3, 0.4) is 0 Å². The second-order valence-electron chi connectivity index (χ2n) is 11.6. The van der Waals surface area contributed by atoms with Gasteiger partial charge in [-0.3, -0.25) is 0 Å². The van der Waals surface area contributed by atoms with E-state index in [2.05, 4.69) is 31.4 Å². The first kappa shape index (κ1) is 29.1. The Hall–Kier alpha value is -0.855. The molecule has 7 heteroatoms. The Morgan fingerprint density at radius 2 is 1.46 bits per heavy atom. The van der Waals surface area contributed by atoms with Crippen molar-refractivity contribution in [3.8, 4) is 15.5 Å². The zero-order chi connectivity index (χ0) is 26.1. The third kappa shape index (κ3) is 7.22. The highest BCUT2D eigenvalue weighted by atomic mass is 32.1. The summed E-state index contributed by atoms with van der Waals surface area (Å²) in [5.41, 5.74) is 0.769. The number of hydrogen-bond acceptors (Lipinski definition) is 6. The largest absolute Gasteiger partial charge is 0.504 e. The molecule has 2 aliphatic rings. The van der Waals surface area contributed by atoms with E-state index in [-0.39, 0.29) is 24.7 Å². The number of hydrogen-bond donors (Lipinski definition) is 1. The Labute approximate surface area is 233 Å². The molecule has 4 rings (SSSR count). The molecule has 2 aromatic heterocycles. The first-order valence-electron chi connectivity index (χ1n) is 14.8. The van der Waals surface area contributed by atoms with Crippen LogP contribution in [0, 0.1) is 5.41 Å². The number of rotatable bonds is 16. The van der Waals surface area contributed by atoms with Gasteiger partial charge in [-0.25, -0.2) is 0 Å². The molecule has 0 radical (unpaired) electrons. The molecule has 0 amide bonds. The maximum atomic E-state index is 9.72. The fraction of sp³-hybridized carbons (Fsp3) is 0.733. The number of thiophene rings is 2. The van der Waals surface area contributed by atoms with Crippen molar-refractivity contribution < 1.29 is 19.2 Å². The second kappa shape index (κ2) is 14.0. The van der Waals surface area contributed by atoms with E-state index in [0.717, 1.165) is 23.4 Å². The summed E-state index contributed by atoms with van der Waals surface area (Å²) in [4.78, 5) is 2.61. The summed E-state index contributed by atoms with van der Waals surface area (Å²) in [6.45, 7) is 7.68. The maximum Gasteiger partial charge on any atom is 0.504 e. The lowest BCUT2D eigenvalue weighted by Crippen LogP contribution is -2.49. The molecule has 0 spiro atoms. The molecular weight excluding hydrogens is 499 g/mol. The van der Waals surface area contributed by atoms with Crippen LogP contribution in [0.2, 0.25) is 0 Å². The summed E-state index contributed by atoms with van der Waals surface area (Å²) in [5, 5.41) is 11.9. The SMILES string of the molecule is CCCCCCCCC1(CCCCCCCC)Oc2ccsc2-c2sc(B3OCC(C)(CO)CO3)cc21. The molecule has 4 heterocycles. The Kier molecular flexibility index (Phi) is 11.0. The van der Waals surface area contributed by atoms with E-state index >= 15 is 0 Å². The van der Waals surface area contributed by atoms with Gasteiger partial charge in [-0.15, -0.1) is 22.7 Å². The van der Waals surface area contributed by atoms with Crippen LogP contribution in [-0.2, 0) is 14.9 Å². The lowest BCUT2D eigenvalue weighted by molar-refractivity contribution is -0.0143. The Balaban J connectivity index is 1.55. The molecule has 2 aromatic rings. The van der Waals surface area contributed by atoms with Gasteiger partial charge in [-0.05, 0) is 43.2 Å². The van der Waals surface area contributed by atoms with Crippen LogP contribution >= 0.6 is 22.7 Å². The Morgan fingerprint density at radius 1 is 0.865 bits per heavy atom. The number of aliphatic hydroxyl groups excluding tert-OH is 1. The van der Waals surface area contributed by atoms with E-state index in [0.29, 0.717) is 13.2 Å². The van der Waals surface area contributed by atoms with Crippen molar-refractivity contribution in [2.75, 3.05) is 19.8 Å². The van der Waals surface area contributed by atoms with Crippen molar-refractivity contribution in [1.29, 1.82) is 0 Å². The van der Waals surface area contributed by atoms with Gasteiger partial charge in [0, 0.05) is 29.0 Å². The lowest BCUT2D eigenvalue weighted by Gasteiger charge is -2.38. The first-order valence-corrected chi connectivity index (χ1v) is 16.5. The summed E-state index contributed by atoms with van der Waals surface area (Å²) in [6.07, 6.45) is 17.7. The molecule has 1 fully saturated rings. The molecule has 4 nitrogen and oxygen atoms in total. The van der Waals surface area contributed by atoms with Gasteiger partial charge in [0.25, 0.3) is 0 Å². The molecule has 1 saturated heterocycles. The first-order chi connectivity index (χ1) is 18.0. The zero-order valence-corrected chi connectivity index (χ0v) is 25.0. The third-order valence-corrected chi connectivity index (χ3v) is 10.2. The third-order valence-electron chi connectivity index (χ3n) is 8.03. The van der Waals surface area contributed by atoms with Gasteiger partial charge in [-0.2, -0.15) is 0 Å². The van der Waals surface area contributed by atoms with E-state index in [1.807, 2.05) is 18.3 Å². The zero-order valence-electron chi connectivity index (χ0n) is 23.3. The summed E-state index contributed by atoms with van der Waals surface area (Å²) < 4.78 is 20.4. The monoisotopic (exact) mass is 546 g/mol. The highest BCUT2D eigenvalue weighted by Gasteiger charge is 2.45. The predicted molar refractivity (Wildman–Crippen MR) is 158 cm³/mol. The molecule has 0 bridgehead atoms. The molecule has 1 N–H and O–H groups in total. The molecule has 0 aromatic carbocycles. The van der Waals surface area contributed by atoms with Gasteiger partial charge in [0.05, 0.1) is 16.4 Å².